The van der Waals surface area contributed by atoms with Crippen LogP contribution in [0.2, 0.25) is 0 Å². The average molecular weight is 221 g/mol. The highest BCUT2D eigenvalue weighted by atomic mass is 32.1. The molecule has 0 saturated heterocycles. The summed E-state index contributed by atoms with van der Waals surface area (Å²) in [4.78, 5) is 0. The Bertz CT molecular complexity index is 450. The normalized spacial score (nSPS) is 10.8. The Kier molecular flexibility index (Phi) is 3.23. The van der Waals surface area contributed by atoms with E-state index in [9.17, 15) is 0 Å². The van der Waals surface area contributed by atoms with Crippen molar-refractivity contribution in [3.8, 4) is 5.75 Å². The van der Waals surface area contributed by atoms with Crippen LogP contribution in [0.3, 0.4) is 0 Å². The monoisotopic (exact) mass is 221 g/mol. The van der Waals surface area contributed by atoms with Gasteiger partial charge in [0.1, 0.15) is 5.75 Å². The standard InChI is InChI=1S/C12H15NOS/c1-13-7-6-9-8-15-11-5-3-4-10(14-2)12(9)11/h3-5,8,13H,6-7H2,1-2H3. The smallest absolute Gasteiger partial charge is 0.127 e. The van der Waals surface area contributed by atoms with Crippen LogP contribution < -0.4 is 10.1 Å². The van der Waals surface area contributed by atoms with Gasteiger partial charge in [0.15, 0.2) is 0 Å². The number of benzene rings is 1. The zero-order valence-electron chi connectivity index (χ0n) is 9.04. The summed E-state index contributed by atoms with van der Waals surface area (Å²) in [6, 6.07) is 6.21. The van der Waals surface area contributed by atoms with Crippen LogP contribution in [0.25, 0.3) is 10.1 Å². The number of rotatable bonds is 4. The van der Waals surface area contributed by atoms with Gasteiger partial charge in [0.25, 0.3) is 0 Å². The van der Waals surface area contributed by atoms with Gasteiger partial charge in [-0.2, -0.15) is 0 Å². The number of thiophene rings is 1. The molecule has 80 valence electrons. The molecule has 2 nitrogen and oxygen atoms in total. The zero-order chi connectivity index (χ0) is 10.7. The van der Waals surface area contributed by atoms with Gasteiger partial charge in [0.05, 0.1) is 7.11 Å². The first-order valence-electron chi connectivity index (χ1n) is 5.04. The second kappa shape index (κ2) is 4.64. The highest BCUT2D eigenvalue weighted by molar-refractivity contribution is 7.17. The van der Waals surface area contributed by atoms with Crippen molar-refractivity contribution >= 4 is 21.4 Å². The average Bonchev–Trinajstić information content (AvgIpc) is 2.69. The van der Waals surface area contributed by atoms with E-state index >= 15 is 0 Å². The molecule has 0 unspecified atom stereocenters. The lowest BCUT2D eigenvalue weighted by atomic mass is 10.1. The van der Waals surface area contributed by atoms with Crippen LogP contribution in [0, 0.1) is 0 Å². The van der Waals surface area contributed by atoms with Gasteiger partial charge in [-0.1, -0.05) is 6.07 Å². The third-order valence-corrected chi connectivity index (χ3v) is 3.50. The maximum absolute atomic E-state index is 5.39. The number of ether oxygens (including phenoxy) is 1. The van der Waals surface area contributed by atoms with Gasteiger partial charge >= 0.3 is 0 Å². The molecule has 0 atom stereocenters. The molecule has 3 heteroatoms. The molecule has 0 spiro atoms. The van der Waals surface area contributed by atoms with Gasteiger partial charge in [-0.25, -0.2) is 0 Å². The molecule has 0 radical (unpaired) electrons. The van der Waals surface area contributed by atoms with Crippen molar-refractivity contribution in [3.05, 3.63) is 29.1 Å². The van der Waals surface area contributed by atoms with Crippen molar-refractivity contribution in [3.63, 3.8) is 0 Å². The molecule has 2 aromatic rings. The maximum atomic E-state index is 5.39. The Hall–Kier alpha value is -1.06. The van der Waals surface area contributed by atoms with Crippen molar-refractivity contribution < 1.29 is 4.74 Å². The van der Waals surface area contributed by atoms with Crippen LogP contribution in [0.15, 0.2) is 23.6 Å². The third-order valence-electron chi connectivity index (χ3n) is 2.50. The molecule has 1 aromatic heterocycles. The van der Waals surface area contributed by atoms with Gasteiger partial charge in [-0.15, -0.1) is 11.3 Å². The maximum Gasteiger partial charge on any atom is 0.127 e. The molecule has 2 rings (SSSR count). The molecule has 1 N–H and O–H groups in total. The highest BCUT2D eigenvalue weighted by Crippen LogP contribution is 2.33. The molecule has 1 aromatic carbocycles. The first-order chi connectivity index (χ1) is 7.36. The summed E-state index contributed by atoms with van der Waals surface area (Å²) >= 11 is 1.79. The van der Waals surface area contributed by atoms with Crippen molar-refractivity contribution in [2.45, 2.75) is 6.42 Å². The van der Waals surface area contributed by atoms with E-state index in [0.717, 1.165) is 18.7 Å². The molecule has 0 amide bonds. The van der Waals surface area contributed by atoms with Crippen molar-refractivity contribution in [1.82, 2.24) is 5.32 Å². The summed E-state index contributed by atoms with van der Waals surface area (Å²) in [5.74, 6) is 0.986. The second-order valence-electron chi connectivity index (χ2n) is 3.45. The minimum Gasteiger partial charge on any atom is -0.496 e. The summed E-state index contributed by atoms with van der Waals surface area (Å²) < 4.78 is 6.70. The lowest BCUT2D eigenvalue weighted by Gasteiger charge is -2.04. The van der Waals surface area contributed by atoms with Gasteiger partial charge < -0.3 is 10.1 Å². The fraction of sp³-hybridized carbons (Fsp3) is 0.333. The number of fused-ring (bicyclic) bond motifs is 1. The fourth-order valence-corrected chi connectivity index (χ4v) is 2.74. The lowest BCUT2D eigenvalue weighted by Crippen LogP contribution is -2.09. The molecule has 0 aliphatic rings. The summed E-state index contributed by atoms with van der Waals surface area (Å²) in [7, 11) is 3.71. The molecule has 15 heavy (non-hydrogen) atoms. The van der Waals surface area contributed by atoms with Crippen molar-refractivity contribution in [2.75, 3.05) is 20.7 Å². The largest absolute Gasteiger partial charge is 0.496 e. The number of methoxy groups -OCH3 is 1. The Balaban J connectivity index is 2.46. The highest BCUT2D eigenvalue weighted by Gasteiger charge is 2.08. The second-order valence-corrected chi connectivity index (χ2v) is 4.36. The minimum atomic E-state index is 0.986. The minimum absolute atomic E-state index is 0.986. The van der Waals surface area contributed by atoms with Crippen molar-refractivity contribution in [1.29, 1.82) is 0 Å². The van der Waals surface area contributed by atoms with E-state index in [1.165, 1.54) is 15.6 Å². The molecule has 0 aliphatic carbocycles. The predicted octanol–water partition coefficient (Wildman–Crippen LogP) is 2.67. The predicted molar refractivity (Wildman–Crippen MR) is 66.0 cm³/mol. The summed E-state index contributed by atoms with van der Waals surface area (Å²) in [5, 5.41) is 6.68. The van der Waals surface area contributed by atoms with Crippen LogP contribution in [0.1, 0.15) is 5.56 Å². The SMILES string of the molecule is CNCCc1csc2cccc(OC)c12. The number of hydrogen-bond donors (Lipinski definition) is 1. The van der Waals surface area contributed by atoms with E-state index < -0.39 is 0 Å². The quantitative estimate of drug-likeness (QED) is 0.857. The summed E-state index contributed by atoms with van der Waals surface area (Å²) in [5.41, 5.74) is 1.38. The Morgan fingerprint density at radius 1 is 1.40 bits per heavy atom. The van der Waals surface area contributed by atoms with Crippen LogP contribution in [0.4, 0.5) is 0 Å². The first kappa shape index (κ1) is 10.5. The molecule has 0 aliphatic heterocycles. The van der Waals surface area contributed by atoms with Gasteiger partial charge in [0, 0.05) is 10.1 Å². The van der Waals surface area contributed by atoms with Gasteiger partial charge in [0.2, 0.25) is 0 Å². The Morgan fingerprint density at radius 2 is 2.27 bits per heavy atom. The van der Waals surface area contributed by atoms with Crippen LogP contribution >= 0.6 is 11.3 Å². The number of nitrogens with one attached hydrogen (secondary N) is 1. The summed E-state index contributed by atoms with van der Waals surface area (Å²) in [6.45, 7) is 1.00. The van der Waals surface area contributed by atoms with Gasteiger partial charge in [-0.3, -0.25) is 0 Å². The zero-order valence-corrected chi connectivity index (χ0v) is 9.86. The molecule has 0 bridgehead atoms. The van der Waals surface area contributed by atoms with Crippen LogP contribution in [-0.4, -0.2) is 20.7 Å². The van der Waals surface area contributed by atoms with E-state index in [2.05, 4.69) is 16.8 Å². The first-order valence-corrected chi connectivity index (χ1v) is 5.92. The third kappa shape index (κ3) is 1.98. The molecular formula is C12H15NOS. The van der Waals surface area contributed by atoms with Crippen molar-refractivity contribution in [2.24, 2.45) is 0 Å². The Morgan fingerprint density at radius 3 is 3.00 bits per heavy atom. The van der Waals surface area contributed by atoms with E-state index in [1.807, 2.05) is 19.2 Å². The fourth-order valence-electron chi connectivity index (χ4n) is 1.73. The van der Waals surface area contributed by atoms with E-state index in [1.54, 1.807) is 18.4 Å². The number of hydrogen-bond acceptors (Lipinski definition) is 3. The molecule has 0 saturated carbocycles. The molecular weight excluding hydrogens is 206 g/mol. The molecule has 1 heterocycles. The van der Waals surface area contributed by atoms with Crippen LogP contribution in [-0.2, 0) is 6.42 Å². The molecule has 0 fully saturated rings. The van der Waals surface area contributed by atoms with E-state index in [0.29, 0.717) is 0 Å². The van der Waals surface area contributed by atoms with E-state index in [-0.39, 0.29) is 0 Å². The lowest BCUT2D eigenvalue weighted by molar-refractivity contribution is 0.419. The number of likely N-dealkylation sites (N-methyl/N-ethyl adjacent to an activating group) is 1. The topological polar surface area (TPSA) is 21.3 Å². The summed E-state index contributed by atoms with van der Waals surface area (Å²) in [6.07, 6.45) is 1.05. The Labute approximate surface area is 93.9 Å². The van der Waals surface area contributed by atoms with Gasteiger partial charge in [-0.05, 0) is 43.1 Å². The van der Waals surface area contributed by atoms with E-state index in [4.69, 9.17) is 4.74 Å². The van der Waals surface area contributed by atoms with Crippen LogP contribution in [0.5, 0.6) is 5.75 Å².